The molecule has 0 aromatic heterocycles. The minimum Gasteiger partial charge on any atom is -0.491 e. The number of hydrogen-bond acceptors (Lipinski definition) is 3. The van der Waals surface area contributed by atoms with Crippen molar-refractivity contribution in [2.24, 2.45) is 0 Å². The van der Waals surface area contributed by atoms with E-state index < -0.39 is 0 Å². The maximum absolute atomic E-state index is 13.7. The van der Waals surface area contributed by atoms with Crippen LogP contribution in [0.4, 0.5) is 4.39 Å². The first-order valence-electron chi connectivity index (χ1n) is 6.53. The Morgan fingerprint density at radius 1 is 1.47 bits per heavy atom. The molecule has 0 amide bonds. The van der Waals surface area contributed by atoms with E-state index >= 15 is 0 Å². The summed E-state index contributed by atoms with van der Waals surface area (Å²) in [5.41, 5.74) is 1.01. The second-order valence-electron chi connectivity index (χ2n) is 4.71. The smallest absolute Gasteiger partial charge is 0.165 e. The highest BCUT2D eigenvalue weighted by molar-refractivity contribution is 5.85. The van der Waals surface area contributed by atoms with E-state index in [9.17, 15) is 4.39 Å². The fraction of sp³-hybridized carbons (Fsp3) is 0.571. The van der Waals surface area contributed by atoms with Crippen LogP contribution in [0.25, 0.3) is 0 Å². The van der Waals surface area contributed by atoms with Crippen LogP contribution in [0.3, 0.4) is 0 Å². The van der Waals surface area contributed by atoms with Crippen LogP contribution in [0.15, 0.2) is 18.2 Å². The van der Waals surface area contributed by atoms with Gasteiger partial charge in [-0.15, -0.1) is 12.4 Å². The van der Waals surface area contributed by atoms with E-state index in [1.807, 2.05) is 20.0 Å². The molecule has 0 radical (unpaired) electrons. The first-order chi connectivity index (χ1) is 8.72. The summed E-state index contributed by atoms with van der Waals surface area (Å²) >= 11 is 0. The number of rotatable bonds is 5. The monoisotopic (exact) mass is 288 g/mol. The summed E-state index contributed by atoms with van der Waals surface area (Å²) in [4.78, 5) is 2.34. The molecule has 1 aromatic rings. The lowest BCUT2D eigenvalue weighted by Crippen LogP contribution is -2.29. The van der Waals surface area contributed by atoms with Gasteiger partial charge in [-0.05, 0) is 38.1 Å². The molecule has 1 N–H and O–H groups in total. The highest BCUT2D eigenvalue weighted by Gasteiger charge is 2.20. The van der Waals surface area contributed by atoms with Crippen LogP contribution in [0.2, 0.25) is 0 Å². The molecule has 1 aromatic carbocycles. The maximum Gasteiger partial charge on any atom is 0.165 e. The van der Waals surface area contributed by atoms with Gasteiger partial charge in [-0.3, -0.25) is 4.90 Å². The number of likely N-dealkylation sites (N-methyl/N-ethyl adjacent to an activating group) is 1. The number of benzene rings is 1. The highest BCUT2D eigenvalue weighted by atomic mass is 35.5. The van der Waals surface area contributed by atoms with Crippen LogP contribution in [-0.2, 0) is 6.54 Å². The third-order valence-corrected chi connectivity index (χ3v) is 3.38. The minimum atomic E-state index is -0.265. The normalized spacial score (nSPS) is 19.2. The third kappa shape index (κ3) is 4.34. The summed E-state index contributed by atoms with van der Waals surface area (Å²) in [5.74, 6) is 0.0782. The first-order valence-corrected chi connectivity index (χ1v) is 6.53. The highest BCUT2D eigenvalue weighted by Crippen LogP contribution is 2.20. The van der Waals surface area contributed by atoms with Gasteiger partial charge < -0.3 is 10.1 Å². The Hall–Kier alpha value is -0.840. The molecule has 3 nitrogen and oxygen atoms in total. The van der Waals surface area contributed by atoms with Gasteiger partial charge in [-0.2, -0.15) is 0 Å². The van der Waals surface area contributed by atoms with Crippen LogP contribution in [0.1, 0.15) is 18.9 Å². The summed E-state index contributed by atoms with van der Waals surface area (Å²) < 4.78 is 18.9. The van der Waals surface area contributed by atoms with Crippen molar-refractivity contribution in [2.45, 2.75) is 25.9 Å². The Kier molecular flexibility index (Phi) is 6.55. The second-order valence-corrected chi connectivity index (χ2v) is 4.71. The molecule has 19 heavy (non-hydrogen) atoms. The molecule has 108 valence electrons. The molecule has 1 unspecified atom stereocenters. The average molecular weight is 289 g/mol. The summed E-state index contributed by atoms with van der Waals surface area (Å²) in [6.07, 6.45) is 1.16. The van der Waals surface area contributed by atoms with E-state index in [0.29, 0.717) is 18.4 Å². The van der Waals surface area contributed by atoms with E-state index in [0.717, 1.165) is 31.6 Å². The van der Waals surface area contributed by atoms with Crippen molar-refractivity contribution in [2.75, 3.05) is 26.7 Å². The maximum atomic E-state index is 13.7. The van der Waals surface area contributed by atoms with Crippen molar-refractivity contribution in [1.29, 1.82) is 0 Å². The average Bonchev–Trinajstić information content (AvgIpc) is 2.80. The molecule has 1 atom stereocenters. The third-order valence-electron chi connectivity index (χ3n) is 3.38. The van der Waals surface area contributed by atoms with Gasteiger partial charge in [-0.1, -0.05) is 6.07 Å². The van der Waals surface area contributed by atoms with Crippen molar-refractivity contribution in [1.82, 2.24) is 10.2 Å². The fourth-order valence-corrected chi connectivity index (χ4v) is 2.39. The predicted octanol–water partition coefficient (Wildman–Crippen LogP) is 2.44. The van der Waals surface area contributed by atoms with E-state index in [1.54, 1.807) is 12.1 Å². The molecule has 0 spiro atoms. The Morgan fingerprint density at radius 3 is 2.84 bits per heavy atom. The Balaban J connectivity index is 0.00000180. The zero-order valence-electron chi connectivity index (χ0n) is 11.5. The molecule has 5 heteroatoms. The number of hydrogen-bond donors (Lipinski definition) is 1. The zero-order valence-corrected chi connectivity index (χ0v) is 12.3. The zero-order chi connectivity index (χ0) is 13.0. The van der Waals surface area contributed by atoms with Gasteiger partial charge in [0.15, 0.2) is 11.6 Å². The van der Waals surface area contributed by atoms with Crippen LogP contribution >= 0.6 is 12.4 Å². The Bertz CT molecular complexity index is 403. The lowest BCUT2D eigenvalue weighted by Gasteiger charge is -2.16. The molecule has 1 fully saturated rings. The molecule has 0 aliphatic carbocycles. The molecule has 0 bridgehead atoms. The predicted molar refractivity (Wildman–Crippen MR) is 77.6 cm³/mol. The van der Waals surface area contributed by atoms with Gasteiger partial charge >= 0.3 is 0 Å². The van der Waals surface area contributed by atoms with Crippen LogP contribution in [0, 0.1) is 5.82 Å². The van der Waals surface area contributed by atoms with Crippen LogP contribution < -0.4 is 10.1 Å². The summed E-state index contributed by atoms with van der Waals surface area (Å²) in [6, 6.07) is 5.82. The number of halogens is 2. The van der Waals surface area contributed by atoms with Crippen LogP contribution in [-0.4, -0.2) is 37.7 Å². The first kappa shape index (κ1) is 16.2. The molecule has 1 heterocycles. The molecular weight excluding hydrogens is 267 g/mol. The van der Waals surface area contributed by atoms with Gasteiger partial charge in [0.2, 0.25) is 0 Å². The fourth-order valence-electron chi connectivity index (χ4n) is 2.39. The van der Waals surface area contributed by atoms with Crippen molar-refractivity contribution in [3.05, 3.63) is 29.6 Å². The SMILES string of the molecule is CCOc1ccc(CN2CCC(NC)C2)cc1F.Cl. The molecule has 1 aliphatic rings. The molecule has 2 rings (SSSR count). The lowest BCUT2D eigenvalue weighted by atomic mass is 10.2. The second kappa shape index (κ2) is 7.68. The molecular formula is C14H22ClFN2O. The summed E-state index contributed by atoms with van der Waals surface area (Å²) in [6.45, 7) is 5.26. The van der Waals surface area contributed by atoms with Gasteiger partial charge in [0.25, 0.3) is 0 Å². The Labute approximate surface area is 120 Å². The van der Waals surface area contributed by atoms with Gasteiger partial charge in [-0.25, -0.2) is 4.39 Å². The topological polar surface area (TPSA) is 24.5 Å². The number of nitrogens with zero attached hydrogens (tertiary/aromatic N) is 1. The van der Waals surface area contributed by atoms with E-state index in [1.165, 1.54) is 0 Å². The summed E-state index contributed by atoms with van der Waals surface area (Å²) in [7, 11) is 1.99. The number of likely N-dealkylation sites (tertiary alicyclic amines) is 1. The minimum absolute atomic E-state index is 0. The lowest BCUT2D eigenvalue weighted by molar-refractivity contribution is 0.314. The number of nitrogens with one attached hydrogen (secondary N) is 1. The van der Waals surface area contributed by atoms with E-state index in [-0.39, 0.29) is 18.2 Å². The van der Waals surface area contributed by atoms with Crippen molar-refractivity contribution < 1.29 is 9.13 Å². The van der Waals surface area contributed by atoms with Crippen LogP contribution in [0.5, 0.6) is 5.75 Å². The largest absolute Gasteiger partial charge is 0.491 e. The Morgan fingerprint density at radius 2 is 2.26 bits per heavy atom. The molecule has 1 saturated heterocycles. The van der Waals surface area contributed by atoms with Crippen molar-refractivity contribution in [3.8, 4) is 5.75 Å². The van der Waals surface area contributed by atoms with Gasteiger partial charge in [0.05, 0.1) is 6.61 Å². The van der Waals surface area contributed by atoms with Gasteiger partial charge in [0, 0.05) is 25.7 Å². The quantitative estimate of drug-likeness (QED) is 0.901. The van der Waals surface area contributed by atoms with E-state index in [2.05, 4.69) is 10.2 Å². The molecule has 1 aliphatic heterocycles. The summed E-state index contributed by atoms with van der Waals surface area (Å²) in [5, 5.41) is 3.28. The van der Waals surface area contributed by atoms with E-state index in [4.69, 9.17) is 4.74 Å². The number of ether oxygens (including phenoxy) is 1. The van der Waals surface area contributed by atoms with Gasteiger partial charge in [0.1, 0.15) is 0 Å². The van der Waals surface area contributed by atoms with Crippen molar-refractivity contribution >= 4 is 12.4 Å². The van der Waals surface area contributed by atoms with Crippen molar-refractivity contribution in [3.63, 3.8) is 0 Å². The molecule has 0 saturated carbocycles. The standard InChI is InChI=1S/C14H21FN2O.ClH/c1-3-18-14-5-4-11(8-13(14)15)9-17-7-6-12(10-17)16-2;/h4-5,8,12,16H,3,6-7,9-10H2,1-2H3;1H.